The Morgan fingerprint density at radius 1 is 1.00 bits per heavy atom. The van der Waals surface area contributed by atoms with Gasteiger partial charge in [-0.3, -0.25) is 4.79 Å². The largest absolute Gasteiger partial charge is 0.494 e. The predicted octanol–water partition coefficient (Wildman–Crippen LogP) is 4.05. The number of hydrogen-bond acceptors (Lipinski definition) is 3. The number of carbonyl (C=O) groups excluding carboxylic acids is 1. The number of rotatable bonds is 7. The van der Waals surface area contributed by atoms with Gasteiger partial charge in [0.25, 0.3) is 5.91 Å². The molecule has 1 unspecified atom stereocenters. The van der Waals surface area contributed by atoms with Crippen molar-refractivity contribution in [3.8, 4) is 11.5 Å². The van der Waals surface area contributed by atoms with Crippen molar-refractivity contribution in [2.45, 2.75) is 33.3 Å². The van der Waals surface area contributed by atoms with Crippen LogP contribution in [0.2, 0.25) is 0 Å². The number of hydrogen-bond donors (Lipinski definition) is 1. The molecule has 0 radical (unpaired) electrons. The first-order valence-corrected chi connectivity index (χ1v) is 7.91. The maximum Gasteiger partial charge on any atom is 0.265 e. The topological polar surface area (TPSA) is 47.6 Å². The van der Waals surface area contributed by atoms with Crippen LogP contribution in [0.15, 0.2) is 48.5 Å². The Hall–Kier alpha value is -2.49. The van der Waals surface area contributed by atoms with Crippen LogP contribution in [0.3, 0.4) is 0 Å². The minimum absolute atomic E-state index is 0.178. The van der Waals surface area contributed by atoms with E-state index in [0.717, 1.165) is 17.9 Å². The van der Waals surface area contributed by atoms with Crippen molar-refractivity contribution in [3.05, 3.63) is 54.1 Å². The van der Waals surface area contributed by atoms with Crippen LogP contribution in [0, 0.1) is 0 Å². The van der Waals surface area contributed by atoms with Crippen LogP contribution >= 0.6 is 0 Å². The average molecular weight is 313 g/mol. The molecular formula is C19H23NO3. The summed E-state index contributed by atoms with van der Waals surface area (Å²) in [5.41, 5.74) is 2.01. The number of aryl methyl sites for hydroxylation is 1. The molecule has 0 bridgehead atoms. The maximum atomic E-state index is 12.2. The van der Waals surface area contributed by atoms with Crippen LogP contribution in [0.1, 0.15) is 26.3 Å². The molecule has 0 aromatic heterocycles. The zero-order valence-electron chi connectivity index (χ0n) is 13.8. The highest BCUT2D eigenvalue weighted by Gasteiger charge is 2.14. The standard InChI is InChI=1S/C19H23NO3/c1-4-15-6-8-16(9-7-15)20-19(21)14(3)23-18-12-10-17(11-13-18)22-5-2/h6-14H,4-5H2,1-3H3,(H,20,21). The third-order valence-electron chi connectivity index (χ3n) is 3.45. The third-order valence-corrected chi connectivity index (χ3v) is 3.45. The van der Waals surface area contributed by atoms with Gasteiger partial charge in [-0.2, -0.15) is 0 Å². The van der Waals surface area contributed by atoms with Gasteiger partial charge in [-0.15, -0.1) is 0 Å². The lowest BCUT2D eigenvalue weighted by Gasteiger charge is -2.15. The lowest BCUT2D eigenvalue weighted by Crippen LogP contribution is -2.30. The number of amides is 1. The van der Waals surface area contributed by atoms with Crippen molar-refractivity contribution in [3.63, 3.8) is 0 Å². The molecule has 2 rings (SSSR count). The molecule has 0 aliphatic carbocycles. The Labute approximate surface area is 137 Å². The summed E-state index contributed by atoms with van der Waals surface area (Å²) in [5, 5.41) is 2.86. The van der Waals surface area contributed by atoms with E-state index < -0.39 is 6.10 Å². The van der Waals surface area contributed by atoms with E-state index in [0.29, 0.717) is 12.4 Å². The van der Waals surface area contributed by atoms with Gasteiger partial charge < -0.3 is 14.8 Å². The molecule has 0 aliphatic heterocycles. The molecule has 122 valence electrons. The highest BCUT2D eigenvalue weighted by atomic mass is 16.5. The van der Waals surface area contributed by atoms with Crippen LogP contribution < -0.4 is 14.8 Å². The highest BCUT2D eigenvalue weighted by molar-refractivity contribution is 5.94. The van der Waals surface area contributed by atoms with E-state index in [1.165, 1.54) is 5.56 Å². The van der Waals surface area contributed by atoms with Gasteiger partial charge in [0.15, 0.2) is 6.10 Å². The third kappa shape index (κ3) is 5.02. The summed E-state index contributed by atoms with van der Waals surface area (Å²) in [6, 6.07) is 15.1. The summed E-state index contributed by atoms with van der Waals surface area (Å²) in [7, 11) is 0. The van der Waals surface area contributed by atoms with Crippen LogP contribution in [-0.2, 0) is 11.2 Å². The summed E-state index contributed by atoms with van der Waals surface area (Å²) in [5.74, 6) is 1.24. The van der Waals surface area contributed by atoms with E-state index in [1.807, 2.05) is 43.3 Å². The van der Waals surface area contributed by atoms with Gasteiger partial charge in [0.05, 0.1) is 6.61 Å². The van der Waals surface area contributed by atoms with Crippen molar-refractivity contribution in [1.29, 1.82) is 0 Å². The van der Waals surface area contributed by atoms with Gasteiger partial charge in [-0.05, 0) is 62.2 Å². The fourth-order valence-corrected chi connectivity index (χ4v) is 2.11. The van der Waals surface area contributed by atoms with Crippen molar-refractivity contribution in [2.75, 3.05) is 11.9 Å². The molecule has 1 atom stereocenters. The smallest absolute Gasteiger partial charge is 0.265 e. The molecule has 0 saturated heterocycles. The Kier molecular flexibility index (Phi) is 6.03. The molecule has 0 spiro atoms. The van der Waals surface area contributed by atoms with E-state index in [2.05, 4.69) is 12.2 Å². The van der Waals surface area contributed by atoms with Gasteiger partial charge in [0.2, 0.25) is 0 Å². The molecule has 2 aromatic carbocycles. The molecule has 2 aromatic rings. The molecule has 4 nitrogen and oxygen atoms in total. The zero-order valence-corrected chi connectivity index (χ0v) is 13.8. The number of benzene rings is 2. The number of carbonyl (C=O) groups is 1. The fraction of sp³-hybridized carbons (Fsp3) is 0.316. The molecule has 0 heterocycles. The number of ether oxygens (including phenoxy) is 2. The number of anilines is 1. The van der Waals surface area contributed by atoms with Crippen molar-refractivity contribution in [2.24, 2.45) is 0 Å². The fourth-order valence-electron chi connectivity index (χ4n) is 2.11. The Morgan fingerprint density at radius 2 is 1.61 bits per heavy atom. The van der Waals surface area contributed by atoms with Gasteiger partial charge >= 0.3 is 0 Å². The first-order chi connectivity index (χ1) is 11.1. The molecule has 1 N–H and O–H groups in total. The van der Waals surface area contributed by atoms with Gasteiger partial charge in [-0.25, -0.2) is 0 Å². The molecule has 1 amide bonds. The SMILES string of the molecule is CCOc1ccc(OC(C)C(=O)Nc2ccc(CC)cc2)cc1. The van der Waals surface area contributed by atoms with Gasteiger partial charge in [0, 0.05) is 5.69 Å². The van der Waals surface area contributed by atoms with Crippen LogP contribution in [-0.4, -0.2) is 18.6 Å². The second kappa shape index (κ2) is 8.22. The van der Waals surface area contributed by atoms with Crippen molar-refractivity contribution < 1.29 is 14.3 Å². The first-order valence-electron chi connectivity index (χ1n) is 7.91. The highest BCUT2D eigenvalue weighted by Crippen LogP contribution is 2.19. The minimum atomic E-state index is -0.584. The monoisotopic (exact) mass is 313 g/mol. The molecule has 4 heteroatoms. The van der Waals surface area contributed by atoms with Crippen LogP contribution in [0.5, 0.6) is 11.5 Å². The molecule has 0 fully saturated rings. The quantitative estimate of drug-likeness (QED) is 0.838. The van der Waals surface area contributed by atoms with E-state index >= 15 is 0 Å². The van der Waals surface area contributed by atoms with Crippen molar-refractivity contribution in [1.82, 2.24) is 0 Å². The van der Waals surface area contributed by atoms with E-state index in [-0.39, 0.29) is 5.91 Å². The van der Waals surface area contributed by atoms with Crippen LogP contribution in [0.4, 0.5) is 5.69 Å². The first kappa shape index (κ1) is 16.9. The van der Waals surface area contributed by atoms with E-state index in [4.69, 9.17) is 9.47 Å². The summed E-state index contributed by atoms with van der Waals surface area (Å²) < 4.78 is 11.0. The minimum Gasteiger partial charge on any atom is -0.494 e. The zero-order chi connectivity index (χ0) is 16.7. The summed E-state index contributed by atoms with van der Waals surface area (Å²) in [4.78, 5) is 12.2. The molecular weight excluding hydrogens is 290 g/mol. The summed E-state index contributed by atoms with van der Waals surface area (Å²) in [6.07, 6.45) is 0.393. The second-order valence-electron chi connectivity index (χ2n) is 5.20. The normalized spacial score (nSPS) is 11.6. The number of nitrogens with one attached hydrogen (secondary N) is 1. The Balaban J connectivity index is 1.90. The molecule has 0 aliphatic rings. The summed E-state index contributed by atoms with van der Waals surface area (Å²) in [6.45, 7) is 6.38. The molecule has 0 saturated carbocycles. The Bertz CT molecular complexity index is 620. The lowest BCUT2D eigenvalue weighted by molar-refractivity contribution is -0.122. The lowest BCUT2D eigenvalue weighted by atomic mass is 10.1. The maximum absolute atomic E-state index is 12.2. The summed E-state index contributed by atoms with van der Waals surface area (Å²) >= 11 is 0. The molecule has 23 heavy (non-hydrogen) atoms. The van der Waals surface area contributed by atoms with Crippen molar-refractivity contribution >= 4 is 11.6 Å². The van der Waals surface area contributed by atoms with Crippen LogP contribution in [0.25, 0.3) is 0 Å². The van der Waals surface area contributed by atoms with E-state index in [9.17, 15) is 4.79 Å². The van der Waals surface area contributed by atoms with Gasteiger partial charge in [0.1, 0.15) is 11.5 Å². The average Bonchev–Trinajstić information content (AvgIpc) is 2.57. The van der Waals surface area contributed by atoms with Gasteiger partial charge in [-0.1, -0.05) is 19.1 Å². The van der Waals surface area contributed by atoms with E-state index in [1.54, 1.807) is 19.1 Å². The predicted molar refractivity (Wildman–Crippen MR) is 92.2 cm³/mol. The Morgan fingerprint density at radius 3 is 2.17 bits per heavy atom. The second-order valence-corrected chi connectivity index (χ2v) is 5.20.